The summed E-state index contributed by atoms with van der Waals surface area (Å²) in [6, 6.07) is 5.79. The highest BCUT2D eigenvalue weighted by Crippen LogP contribution is 2.29. The van der Waals surface area contributed by atoms with E-state index in [0.717, 1.165) is 22.8 Å². The van der Waals surface area contributed by atoms with E-state index in [-0.39, 0.29) is 0 Å². The first-order valence-electron chi connectivity index (χ1n) is 4.81. The van der Waals surface area contributed by atoms with Crippen molar-refractivity contribution in [1.82, 2.24) is 0 Å². The molecule has 0 heterocycles. The quantitative estimate of drug-likeness (QED) is 0.716. The van der Waals surface area contributed by atoms with Crippen LogP contribution in [0.15, 0.2) is 18.2 Å². The second-order valence-corrected chi connectivity index (χ2v) is 3.30. The number of ether oxygens (including phenoxy) is 1. The summed E-state index contributed by atoms with van der Waals surface area (Å²) in [6.45, 7) is 5.87. The Morgan fingerprint density at radius 1 is 1.43 bits per heavy atom. The number of hydrogen-bond donors (Lipinski definition) is 0. The first kappa shape index (κ1) is 11.0. The third-order valence-electron chi connectivity index (χ3n) is 2.16. The molecule has 0 aliphatic rings. The van der Waals surface area contributed by atoms with E-state index < -0.39 is 6.67 Å². The summed E-state index contributed by atoms with van der Waals surface area (Å²) in [5.41, 5.74) is 1.94. The van der Waals surface area contributed by atoms with Crippen molar-refractivity contribution in [3.63, 3.8) is 0 Å². The van der Waals surface area contributed by atoms with Crippen molar-refractivity contribution in [3.8, 4) is 5.75 Å². The Bertz CT molecular complexity index is 296. The van der Waals surface area contributed by atoms with E-state index in [0.29, 0.717) is 6.61 Å². The maximum absolute atomic E-state index is 12.5. The monoisotopic (exact) mass is 195 g/mol. The molecule has 0 amide bonds. The molecule has 0 bridgehead atoms. The molecular weight excluding hydrogens is 179 g/mol. The zero-order valence-corrected chi connectivity index (χ0v) is 8.93. The number of benzene rings is 1. The number of hydrogen-bond acceptors (Lipinski definition) is 1. The largest absolute Gasteiger partial charge is 0.493 e. The van der Waals surface area contributed by atoms with E-state index in [1.165, 1.54) is 0 Å². The lowest BCUT2D eigenvalue weighted by molar-refractivity contribution is 0.334. The van der Waals surface area contributed by atoms with E-state index in [1.54, 1.807) is 6.92 Å². The Morgan fingerprint density at radius 3 is 2.71 bits per heavy atom. The Kier molecular flexibility index (Phi) is 3.93. The van der Waals surface area contributed by atoms with Crippen molar-refractivity contribution in [3.05, 3.63) is 35.2 Å². The minimum Gasteiger partial charge on any atom is -0.493 e. The molecule has 1 rings (SSSR count). The minimum atomic E-state index is -0.427. The van der Waals surface area contributed by atoms with Gasteiger partial charge in [0.1, 0.15) is 5.75 Å². The number of para-hydroxylation sites is 1. The second kappa shape index (κ2) is 4.99. The van der Waals surface area contributed by atoms with E-state index in [2.05, 4.69) is 0 Å². The summed E-state index contributed by atoms with van der Waals surface area (Å²) in [6.07, 6.45) is 0. The summed E-state index contributed by atoms with van der Waals surface area (Å²) in [5.74, 6) is 1.53. The maximum Gasteiger partial charge on any atom is 0.126 e. The zero-order chi connectivity index (χ0) is 10.6. The van der Waals surface area contributed by atoms with Crippen LogP contribution in [-0.2, 0) is 0 Å². The number of rotatable bonds is 4. The average Bonchev–Trinajstić information content (AvgIpc) is 2.20. The third-order valence-corrected chi connectivity index (χ3v) is 2.16. The lowest BCUT2D eigenvalue weighted by Crippen LogP contribution is -2.03. The standard InChI is InChI=1S/C12H16FO/c1-4-14-12-9(2)6-5-7-11(12)10(3)8-13/h5-7H,4,8H2,1-3H3. The molecule has 0 aromatic heterocycles. The molecule has 0 atom stereocenters. The van der Waals surface area contributed by atoms with Gasteiger partial charge in [0.25, 0.3) is 0 Å². The first-order chi connectivity index (χ1) is 6.70. The van der Waals surface area contributed by atoms with Crippen molar-refractivity contribution < 1.29 is 9.13 Å². The van der Waals surface area contributed by atoms with Crippen LogP contribution in [0.25, 0.3) is 0 Å². The summed E-state index contributed by atoms with van der Waals surface area (Å²) in [5, 5.41) is 0. The van der Waals surface area contributed by atoms with Gasteiger partial charge in [-0.15, -0.1) is 0 Å². The Hall–Kier alpha value is -1.05. The van der Waals surface area contributed by atoms with Crippen LogP contribution in [0.1, 0.15) is 25.0 Å². The Labute approximate surface area is 84.9 Å². The molecular formula is C12H16FO. The Morgan fingerprint density at radius 2 is 2.14 bits per heavy atom. The van der Waals surface area contributed by atoms with Gasteiger partial charge in [0.2, 0.25) is 0 Å². The van der Waals surface area contributed by atoms with Gasteiger partial charge >= 0.3 is 0 Å². The molecule has 1 nitrogen and oxygen atoms in total. The zero-order valence-electron chi connectivity index (χ0n) is 8.93. The summed E-state index contributed by atoms with van der Waals surface area (Å²) < 4.78 is 18.0. The van der Waals surface area contributed by atoms with Crippen molar-refractivity contribution in [2.24, 2.45) is 0 Å². The van der Waals surface area contributed by atoms with Crippen molar-refractivity contribution >= 4 is 0 Å². The van der Waals surface area contributed by atoms with Gasteiger partial charge in [-0.2, -0.15) is 0 Å². The minimum absolute atomic E-state index is 0.427. The molecule has 1 radical (unpaired) electrons. The van der Waals surface area contributed by atoms with E-state index in [1.807, 2.05) is 32.0 Å². The third kappa shape index (κ3) is 2.25. The normalized spacial score (nSPS) is 10.6. The van der Waals surface area contributed by atoms with Gasteiger partial charge in [0, 0.05) is 11.5 Å². The molecule has 0 spiro atoms. The van der Waals surface area contributed by atoms with Crippen molar-refractivity contribution in [2.45, 2.75) is 20.8 Å². The molecule has 0 saturated carbocycles. The molecule has 0 saturated heterocycles. The van der Waals surface area contributed by atoms with Gasteiger partial charge in [-0.25, -0.2) is 0 Å². The fourth-order valence-corrected chi connectivity index (χ4v) is 1.40. The van der Waals surface area contributed by atoms with Gasteiger partial charge in [-0.3, -0.25) is 4.39 Å². The number of alkyl halides is 1. The predicted molar refractivity (Wildman–Crippen MR) is 56.3 cm³/mol. The van der Waals surface area contributed by atoms with Crippen molar-refractivity contribution in [1.29, 1.82) is 0 Å². The predicted octanol–water partition coefficient (Wildman–Crippen LogP) is 3.31. The molecule has 77 valence electrons. The van der Waals surface area contributed by atoms with Crippen LogP contribution in [0, 0.1) is 12.8 Å². The average molecular weight is 195 g/mol. The van der Waals surface area contributed by atoms with E-state index in [9.17, 15) is 4.39 Å². The van der Waals surface area contributed by atoms with Gasteiger partial charge in [-0.05, 0) is 19.4 Å². The van der Waals surface area contributed by atoms with Gasteiger partial charge in [-0.1, -0.05) is 25.1 Å². The molecule has 2 heteroatoms. The molecule has 0 aliphatic heterocycles. The number of aryl methyl sites for hydroxylation is 1. The number of halogens is 1. The van der Waals surface area contributed by atoms with Crippen LogP contribution in [0.3, 0.4) is 0 Å². The molecule has 0 unspecified atom stereocenters. The van der Waals surface area contributed by atoms with Gasteiger partial charge < -0.3 is 4.74 Å². The maximum atomic E-state index is 12.5. The highest BCUT2D eigenvalue weighted by molar-refractivity contribution is 5.47. The molecule has 0 N–H and O–H groups in total. The van der Waals surface area contributed by atoms with Gasteiger partial charge in [0.05, 0.1) is 13.3 Å². The lowest BCUT2D eigenvalue weighted by Gasteiger charge is -2.15. The van der Waals surface area contributed by atoms with Crippen LogP contribution in [-0.4, -0.2) is 13.3 Å². The Balaban J connectivity index is 3.07. The first-order valence-corrected chi connectivity index (χ1v) is 4.81. The highest BCUT2D eigenvalue weighted by Gasteiger charge is 2.13. The second-order valence-electron chi connectivity index (χ2n) is 3.30. The smallest absolute Gasteiger partial charge is 0.126 e. The van der Waals surface area contributed by atoms with Crippen LogP contribution < -0.4 is 4.74 Å². The molecule has 0 fully saturated rings. The van der Waals surface area contributed by atoms with Crippen molar-refractivity contribution in [2.75, 3.05) is 13.3 Å². The molecule has 0 aliphatic carbocycles. The molecule has 14 heavy (non-hydrogen) atoms. The fourth-order valence-electron chi connectivity index (χ4n) is 1.40. The molecule has 1 aromatic rings. The van der Waals surface area contributed by atoms with Crippen LogP contribution in [0.4, 0.5) is 4.39 Å². The lowest BCUT2D eigenvalue weighted by atomic mass is 9.99. The van der Waals surface area contributed by atoms with Crippen LogP contribution >= 0.6 is 0 Å². The SMILES string of the molecule is CCOc1c(C)cccc1[C](C)CF. The fraction of sp³-hybridized carbons (Fsp3) is 0.417. The summed E-state index contributed by atoms with van der Waals surface area (Å²) in [7, 11) is 0. The van der Waals surface area contributed by atoms with Gasteiger partial charge in [0.15, 0.2) is 0 Å². The van der Waals surface area contributed by atoms with Crippen LogP contribution in [0.2, 0.25) is 0 Å². The topological polar surface area (TPSA) is 9.23 Å². The van der Waals surface area contributed by atoms with Crippen LogP contribution in [0.5, 0.6) is 5.75 Å². The summed E-state index contributed by atoms with van der Waals surface area (Å²) in [4.78, 5) is 0. The van der Waals surface area contributed by atoms with E-state index >= 15 is 0 Å². The summed E-state index contributed by atoms with van der Waals surface area (Å²) >= 11 is 0. The molecule has 1 aromatic carbocycles. The highest BCUT2D eigenvalue weighted by atomic mass is 19.1. The van der Waals surface area contributed by atoms with E-state index in [4.69, 9.17) is 4.74 Å².